The Morgan fingerprint density at radius 2 is 2.27 bits per heavy atom. The maximum atomic E-state index is 5.66. The fraction of sp³-hybridized carbons (Fsp3) is 0.250. The smallest absolute Gasteiger partial charge is 0.189 e. The van der Waals surface area contributed by atoms with Gasteiger partial charge in [-0.2, -0.15) is 0 Å². The van der Waals surface area contributed by atoms with Gasteiger partial charge in [0, 0.05) is 5.56 Å². The minimum Gasteiger partial charge on any atom is -0.465 e. The molecule has 2 rings (SSSR count). The van der Waals surface area contributed by atoms with Gasteiger partial charge in [0.25, 0.3) is 0 Å². The van der Waals surface area contributed by atoms with Crippen molar-refractivity contribution in [2.75, 3.05) is 12.5 Å². The quantitative estimate of drug-likeness (QED) is 0.565. The van der Waals surface area contributed by atoms with Crippen molar-refractivity contribution in [2.24, 2.45) is 0 Å². The summed E-state index contributed by atoms with van der Waals surface area (Å²) >= 11 is 0. The maximum Gasteiger partial charge on any atom is 0.189 e. The first kappa shape index (κ1) is 6.49. The van der Waals surface area contributed by atoms with Crippen molar-refractivity contribution in [3.8, 4) is 5.75 Å². The molecule has 0 saturated carbocycles. The lowest BCUT2D eigenvalue weighted by atomic mass is 10.2. The van der Waals surface area contributed by atoms with Gasteiger partial charge in [0.15, 0.2) is 12.5 Å². The second-order valence-electron chi connectivity index (χ2n) is 2.45. The second kappa shape index (κ2) is 2.43. The Balaban J connectivity index is 2.49. The molecule has 3 heteroatoms. The molecular weight excluding hydrogens is 142 g/mol. The van der Waals surface area contributed by atoms with E-state index in [0.717, 1.165) is 11.3 Å². The van der Waals surface area contributed by atoms with Crippen LogP contribution in [0, 0.1) is 0 Å². The number of nitrogens with two attached hydrogens (primary N) is 1. The molecule has 0 saturated heterocycles. The third kappa shape index (κ3) is 1.03. The summed E-state index contributed by atoms with van der Waals surface area (Å²) in [6, 6.07) is 5.67. The van der Waals surface area contributed by atoms with Crippen molar-refractivity contribution >= 4 is 5.69 Å². The van der Waals surface area contributed by atoms with E-state index >= 15 is 0 Å². The fourth-order valence-corrected chi connectivity index (χ4v) is 1.15. The van der Waals surface area contributed by atoms with E-state index in [1.807, 2.05) is 18.2 Å². The largest absolute Gasteiger partial charge is 0.465 e. The third-order valence-corrected chi connectivity index (χ3v) is 1.67. The first-order chi connectivity index (χ1) is 5.38. The van der Waals surface area contributed by atoms with Gasteiger partial charge in [0.1, 0.15) is 0 Å². The van der Waals surface area contributed by atoms with Crippen LogP contribution in [0.5, 0.6) is 5.75 Å². The molecule has 2 N–H and O–H groups in total. The Kier molecular flexibility index (Phi) is 1.43. The van der Waals surface area contributed by atoms with Gasteiger partial charge in [0.2, 0.25) is 0 Å². The molecule has 1 aromatic rings. The van der Waals surface area contributed by atoms with Crippen molar-refractivity contribution in [3.05, 3.63) is 23.8 Å². The topological polar surface area (TPSA) is 44.5 Å². The van der Waals surface area contributed by atoms with E-state index in [1.165, 1.54) is 0 Å². The number of hydrogen-bond donors (Lipinski definition) is 1. The van der Waals surface area contributed by atoms with E-state index in [9.17, 15) is 0 Å². The number of rotatable bonds is 0. The highest BCUT2D eigenvalue weighted by Gasteiger charge is 2.11. The average molecular weight is 151 g/mol. The van der Waals surface area contributed by atoms with Gasteiger partial charge in [-0.05, 0) is 6.07 Å². The third-order valence-electron chi connectivity index (χ3n) is 1.67. The molecule has 1 aromatic carbocycles. The lowest BCUT2D eigenvalue weighted by Gasteiger charge is -2.18. The minimum atomic E-state index is 0.307. The van der Waals surface area contributed by atoms with Gasteiger partial charge >= 0.3 is 0 Å². The number of nitrogen functional groups attached to an aromatic ring is 1. The van der Waals surface area contributed by atoms with Crippen molar-refractivity contribution in [1.29, 1.82) is 0 Å². The van der Waals surface area contributed by atoms with Crippen LogP contribution < -0.4 is 10.5 Å². The van der Waals surface area contributed by atoms with Gasteiger partial charge in [-0.1, -0.05) is 12.1 Å². The standard InChI is InChI=1S/C8H9NO2/c9-7-3-1-2-6-4-10-5-11-8(6)7/h1-3H,4-5,9H2. The highest BCUT2D eigenvalue weighted by Crippen LogP contribution is 2.29. The molecule has 0 spiro atoms. The summed E-state index contributed by atoms with van der Waals surface area (Å²) in [6.07, 6.45) is 0. The van der Waals surface area contributed by atoms with Crippen molar-refractivity contribution in [1.82, 2.24) is 0 Å². The molecule has 1 heterocycles. The van der Waals surface area contributed by atoms with Crippen molar-refractivity contribution in [2.45, 2.75) is 6.61 Å². The zero-order valence-corrected chi connectivity index (χ0v) is 6.04. The molecule has 0 unspecified atom stereocenters. The van der Waals surface area contributed by atoms with Gasteiger partial charge in [0.05, 0.1) is 12.3 Å². The van der Waals surface area contributed by atoms with Crippen LogP contribution in [0.25, 0.3) is 0 Å². The normalized spacial score (nSPS) is 15.3. The molecule has 11 heavy (non-hydrogen) atoms. The number of fused-ring (bicyclic) bond motifs is 1. The highest BCUT2D eigenvalue weighted by molar-refractivity contribution is 5.56. The molecule has 0 atom stereocenters. The van der Waals surface area contributed by atoms with E-state index in [0.29, 0.717) is 19.1 Å². The molecule has 0 aromatic heterocycles. The Hall–Kier alpha value is -1.22. The predicted molar refractivity (Wildman–Crippen MR) is 41.1 cm³/mol. The average Bonchev–Trinajstić information content (AvgIpc) is 2.06. The first-order valence-corrected chi connectivity index (χ1v) is 3.46. The summed E-state index contributed by atoms with van der Waals surface area (Å²) in [5.74, 6) is 0.777. The SMILES string of the molecule is Nc1cccc2c1OCOC2. The highest BCUT2D eigenvalue weighted by atomic mass is 16.7. The predicted octanol–water partition coefficient (Wildman–Crippen LogP) is 1.14. The van der Waals surface area contributed by atoms with Crippen LogP contribution in [0.4, 0.5) is 5.69 Å². The van der Waals surface area contributed by atoms with E-state index in [4.69, 9.17) is 15.2 Å². The first-order valence-electron chi connectivity index (χ1n) is 3.46. The van der Waals surface area contributed by atoms with Gasteiger partial charge < -0.3 is 15.2 Å². The molecule has 58 valence electrons. The molecule has 1 aliphatic heterocycles. The summed E-state index contributed by atoms with van der Waals surface area (Å²) in [6.45, 7) is 0.904. The molecule has 0 aliphatic carbocycles. The van der Waals surface area contributed by atoms with E-state index in [2.05, 4.69) is 0 Å². The molecule has 0 fully saturated rings. The molecule has 3 nitrogen and oxygen atoms in total. The zero-order chi connectivity index (χ0) is 7.68. The number of para-hydroxylation sites is 1. The van der Waals surface area contributed by atoms with Gasteiger partial charge in [-0.3, -0.25) is 0 Å². The van der Waals surface area contributed by atoms with Crippen LogP contribution in [0.2, 0.25) is 0 Å². The van der Waals surface area contributed by atoms with Crippen LogP contribution in [0.3, 0.4) is 0 Å². The number of benzene rings is 1. The number of anilines is 1. The Morgan fingerprint density at radius 1 is 1.36 bits per heavy atom. The minimum absolute atomic E-state index is 0.307. The Labute approximate surface area is 64.7 Å². The number of ether oxygens (including phenoxy) is 2. The lowest BCUT2D eigenvalue weighted by Crippen LogP contribution is -2.12. The van der Waals surface area contributed by atoms with Gasteiger partial charge in [-0.25, -0.2) is 0 Å². The van der Waals surface area contributed by atoms with Crippen molar-refractivity contribution < 1.29 is 9.47 Å². The molecule has 1 aliphatic rings. The Bertz CT molecular complexity index is 273. The Morgan fingerprint density at radius 3 is 3.09 bits per heavy atom. The summed E-state index contributed by atoms with van der Waals surface area (Å²) in [5, 5.41) is 0. The van der Waals surface area contributed by atoms with Crippen LogP contribution in [-0.2, 0) is 11.3 Å². The summed E-state index contributed by atoms with van der Waals surface area (Å²) < 4.78 is 10.3. The monoisotopic (exact) mass is 151 g/mol. The van der Waals surface area contributed by atoms with Crippen LogP contribution >= 0.6 is 0 Å². The van der Waals surface area contributed by atoms with Crippen LogP contribution in [0.15, 0.2) is 18.2 Å². The maximum absolute atomic E-state index is 5.66. The fourth-order valence-electron chi connectivity index (χ4n) is 1.15. The van der Waals surface area contributed by atoms with E-state index < -0.39 is 0 Å². The van der Waals surface area contributed by atoms with Crippen LogP contribution in [0.1, 0.15) is 5.56 Å². The lowest BCUT2D eigenvalue weighted by molar-refractivity contribution is -0.0157. The van der Waals surface area contributed by atoms with Crippen molar-refractivity contribution in [3.63, 3.8) is 0 Å². The zero-order valence-electron chi connectivity index (χ0n) is 6.04. The second-order valence-corrected chi connectivity index (χ2v) is 2.45. The number of hydrogen-bond acceptors (Lipinski definition) is 3. The van der Waals surface area contributed by atoms with Gasteiger partial charge in [-0.15, -0.1) is 0 Å². The molecule has 0 amide bonds. The molecule has 0 radical (unpaired) electrons. The summed E-state index contributed by atoms with van der Waals surface area (Å²) in [5.41, 5.74) is 7.37. The molecule has 0 bridgehead atoms. The summed E-state index contributed by atoms with van der Waals surface area (Å²) in [4.78, 5) is 0. The van der Waals surface area contributed by atoms with Crippen LogP contribution in [-0.4, -0.2) is 6.79 Å². The van der Waals surface area contributed by atoms with E-state index in [-0.39, 0.29) is 0 Å². The summed E-state index contributed by atoms with van der Waals surface area (Å²) in [7, 11) is 0. The molecular formula is C8H9NO2. The van der Waals surface area contributed by atoms with E-state index in [1.54, 1.807) is 0 Å².